The van der Waals surface area contributed by atoms with Crippen LogP contribution in [0.25, 0.3) is 21.9 Å². The Morgan fingerprint density at radius 3 is 2.85 bits per heavy atom. The first-order valence-electron chi connectivity index (χ1n) is 10.9. The zero-order valence-corrected chi connectivity index (χ0v) is 19.2. The predicted molar refractivity (Wildman–Crippen MR) is 122 cm³/mol. The van der Waals surface area contributed by atoms with Crippen molar-refractivity contribution >= 4 is 33.5 Å². The van der Waals surface area contributed by atoms with Crippen LogP contribution in [0.15, 0.2) is 49.1 Å². The first kappa shape index (κ1) is 20.8. The Labute approximate surface area is 195 Å². The van der Waals surface area contributed by atoms with Crippen molar-refractivity contribution in [1.29, 1.82) is 0 Å². The average Bonchev–Trinajstić information content (AvgIpc) is 3.41. The van der Waals surface area contributed by atoms with Crippen molar-refractivity contribution in [3.63, 3.8) is 0 Å². The lowest BCUT2D eigenvalue weighted by atomic mass is 10.1. The van der Waals surface area contributed by atoms with E-state index >= 15 is 0 Å². The standard InChI is InChI=1S/C24H23ClN4O4/c1-13-10-29(22-18(13)21(25)27-12-28-22)23-20-19(32-24(2,3)33-20)17(31-23)11-30-15-7-6-14-5-4-8-26-16(14)9-15/h4-10,12,17,19-20,23H,11H2,1-3H3/t17-,19-,20-,23-/m1/s1. The number of halogens is 1. The van der Waals surface area contributed by atoms with Crippen molar-refractivity contribution in [3.05, 3.63) is 59.8 Å². The maximum atomic E-state index is 6.45. The second-order valence-electron chi connectivity index (χ2n) is 8.88. The van der Waals surface area contributed by atoms with Gasteiger partial charge in [-0.15, -0.1) is 0 Å². The number of aromatic nitrogens is 4. The molecule has 2 aliphatic heterocycles. The van der Waals surface area contributed by atoms with Crippen molar-refractivity contribution in [2.75, 3.05) is 6.61 Å². The van der Waals surface area contributed by atoms with Gasteiger partial charge in [-0.2, -0.15) is 0 Å². The zero-order valence-electron chi connectivity index (χ0n) is 18.4. The Morgan fingerprint density at radius 2 is 1.97 bits per heavy atom. The normalized spacial score (nSPS) is 26.2. The molecule has 4 aromatic rings. The summed E-state index contributed by atoms with van der Waals surface area (Å²) in [6, 6.07) is 9.80. The third-order valence-electron chi connectivity index (χ3n) is 6.14. The molecule has 0 amide bonds. The van der Waals surface area contributed by atoms with Gasteiger partial charge in [0.25, 0.3) is 0 Å². The maximum Gasteiger partial charge on any atom is 0.165 e. The average molecular weight is 467 g/mol. The molecule has 9 heteroatoms. The van der Waals surface area contributed by atoms with Crippen LogP contribution in [-0.4, -0.2) is 50.2 Å². The maximum absolute atomic E-state index is 6.45. The number of aryl methyl sites for hydroxylation is 1. The van der Waals surface area contributed by atoms with Gasteiger partial charge in [-0.25, -0.2) is 9.97 Å². The van der Waals surface area contributed by atoms with Gasteiger partial charge in [-0.3, -0.25) is 4.98 Å². The molecule has 0 aliphatic carbocycles. The minimum Gasteiger partial charge on any atom is -0.491 e. The molecule has 4 atom stereocenters. The highest BCUT2D eigenvalue weighted by molar-refractivity contribution is 6.34. The lowest BCUT2D eigenvalue weighted by molar-refractivity contribution is -0.198. The fourth-order valence-corrected chi connectivity index (χ4v) is 5.03. The predicted octanol–water partition coefficient (Wildman–Crippen LogP) is 4.44. The van der Waals surface area contributed by atoms with E-state index in [4.69, 9.17) is 30.5 Å². The summed E-state index contributed by atoms with van der Waals surface area (Å²) in [4.78, 5) is 13.0. The Kier molecular flexibility index (Phi) is 4.81. The van der Waals surface area contributed by atoms with Crippen LogP contribution in [0, 0.1) is 6.92 Å². The van der Waals surface area contributed by atoms with Gasteiger partial charge < -0.3 is 23.5 Å². The molecule has 170 valence electrons. The summed E-state index contributed by atoms with van der Waals surface area (Å²) >= 11 is 6.34. The smallest absolute Gasteiger partial charge is 0.165 e. The van der Waals surface area contributed by atoms with E-state index in [1.165, 1.54) is 6.33 Å². The van der Waals surface area contributed by atoms with Crippen LogP contribution in [0.5, 0.6) is 5.75 Å². The third-order valence-corrected chi connectivity index (χ3v) is 6.43. The van der Waals surface area contributed by atoms with E-state index in [9.17, 15) is 0 Å². The summed E-state index contributed by atoms with van der Waals surface area (Å²) in [6.07, 6.45) is 3.81. The van der Waals surface area contributed by atoms with Crippen LogP contribution in [-0.2, 0) is 14.2 Å². The Morgan fingerprint density at radius 1 is 1.12 bits per heavy atom. The minimum absolute atomic E-state index is 0.293. The van der Waals surface area contributed by atoms with E-state index in [0.717, 1.165) is 27.6 Å². The number of rotatable bonds is 4. The highest BCUT2D eigenvalue weighted by Crippen LogP contribution is 2.44. The lowest BCUT2D eigenvalue weighted by Crippen LogP contribution is -2.33. The first-order chi connectivity index (χ1) is 15.9. The Balaban J connectivity index is 1.30. The molecule has 0 saturated carbocycles. The molecular formula is C24H23ClN4O4. The fraction of sp³-hybridized carbons (Fsp3) is 0.375. The fourth-order valence-electron chi connectivity index (χ4n) is 4.75. The molecule has 0 radical (unpaired) electrons. The number of hydrogen-bond donors (Lipinski definition) is 0. The molecule has 1 aromatic carbocycles. The van der Waals surface area contributed by atoms with E-state index in [2.05, 4.69) is 15.0 Å². The SMILES string of the molecule is Cc1cn([C@@H]2O[C@H](COc3ccc4cccnc4c3)[C@H]3OC(C)(C)O[C@H]32)c2ncnc(Cl)c12. The van der Waals surface area contributed by atoms with Crippen molar-refractivity contribution in [2.24, 2.45) is 0 Å². The van der Waals surface area contributed by atoms with Gasteiger partial charge in [0.1, 0.15) is 47.8 Å². The molecular weight excluding hydrogens is 444 g/mol. The summed E-state index contributed by atoms with van der Waals surface area (Å²) in [7, 11) is 0. The molecule has 33 heavy (non-hydrogen) atoms. The van der Waals surface area contributed by atoms with Gasteiger partial charge in [0.15, 0.2) is 12.0 Å². The number of hydrogen-bond acceptors (Lipinski definition) is 7. The molecule has 3 aromatic heterocycles. The van der Waals surface area contributed by atoms with Crippen LogP contribution in [0.4, 0.5) is 0 Å². The van der Waals surface area contributed by atoms with Gasteiger partial charge in [-0.05, 0) is 44.5 Å². The summed E-state index contributed by atoms with van der Waals surface area (Å²) in [5.74, 6) is -0.00243. The van der Waals surface area contributed by atoms with Crippen LogP contribution in [0.2, 0.25) is 5.15 Å². The lowest BCUT2D eigenvalue weighted by Gasteiger charge is -2.25. The number of benzene rings is 1. The first-order valence-corrected chi connectivity index (χ1v) is 11.2. The Bertz CT molecular complexity index is 1360. The highest BCUT2D eigenvalue weighted by Gasteiger charge is 2.56. The zero-order chi connectivity index (χ0) is 22.7. The van der Waals surface area contributed by atoms with Gasteiger partial charge in [0, 0.05) is 23.8 Å². The molecule has 0 spiro atoms. The second kappa shape index (κ2) is 7.63. The largest absolute Gasteiger partial charge is 0.491 e. The van der Waals surface area contributed by atoms with Crippen LogP contribution in [0.1, 0.15) is 25.6 Å². The Hall–Kier alpha value is -2.78. The van der Waals surface area contributed by atoms with E-state index in [1.54, 1.807) is 6.20 Å². The van der Waals surface area contributed by atoms with E-state index in [1.807, 2.05) is 61.9 Å². The van der Waals surface area contributed by atoms with Gasteiger partial charge in [0.2, 0.25) is 0 Å². The van der Waals surface area contributed by atoms with E-state index < -0.39 is 12.0 Å². The molecule has 8 nitrogen and oxygen atoms in total. The topological polar surface area (TPSA) is 80.5 Å². The van der Waals surface area contributed by atoms with Gasteiger partial charge in [0.05, 0.1) is 10.9 Å². The second-order valence-corrected chi connectivity index (χ2v) is 9.24. The summed E-state index contributed by atoms with van der Waals surface area (Å²) in [5, 5.41) is 2.28. The summed E-state index contributed by atoms with van der Waals surface area (Å²) in [5.41, 5.74) is 2.55. The van der Waals surface area contributed by atoms with Crippen molar-refractivity contribution in [2.45, 2.75) is 51.1 Å². The van der Waals surface area contributed by atoms with Crippen molar-refractivity contribution in [1.82, 2.24) is 19.5 Å². The summed E-state index contributed by atoms with van der Waals surface area (Å²) in [6.45, 7) is 6.11. The van der Waals surface area contributed by atoms with E-state index in [-0.39, 0.29) is 18.3 Å². The quantitative estimate of drug-likeness (QED) is 0.411. The molecule has 5 heterocycles. The number of fused-ring (bicyclic) bond motifs is 3. The monoisotopic (exact) mass is 466 g/mol. The molecule has 6 rings (SSSR count). The van der Waals surface area contributed by atoms with Crippen LogP contribution >= 0.6 is 11.6 Å². The van der Waals surface area contributed by atoms with Crippen molar-refractivity contribution in [3.8, 4) is 5.75 Å². The van der Waals surface area contributed by atoms with Crippen LogP contribution in [0.3, 0.4) is 0 Å². The number of nitrogens with zero attached hydrogens (tertiary/aromatic N) is 4. The van der Waals surface area contributed by atoms with E-state index in [0.29, 0.717) is 17.4 Å². The van der Waals surface area contributed by atoms with Crippen LogP contribution < -0.4 is 4.74 Å². The third kappa shape index (κ3) is 3.54. The molecule has 2 saturated heterocycles. The summed E-state index contributed by atoms with van der Waals surface area (Å²) < 4.78 is 27.0. The van der Waals surface area contributed by atoms with Gasteiger partial charge in [-0.1, -0.05) is 17.7 Å². The van der Waals surface area contributed by atoms with Gasteiger partial charge >= 0.3 is 0 Å². The number of pyridine rings is 1. The molecule has 0 unspecified atom stereocenters. The molecule has 2 aliphatic rings. The minimum atomic E-state index is -0.729. The highest BCUT2D eigenvalue weighted by atomic mass is 35.5. The number of ether oxygens (including phenoxy) is 4. The molecule has 0 N–H and O–H groups in total. The molecule has 2 fully saturated rings. The van der Waals surface area contributed by atoms with Crippen molar-refractivity contribution < 1.29 is 18.9 Å². The molecule has 0 bridgehead atoms.